The molecule has 0 aromatic rings. The Morgan fingerprint density at radius 3 is 1.72 bits per heavy atom. The average Bonchev–Trinajstić information content (AvgIpc) is 2.71. The summed E-state index contributed by atoms with van der Waals surface area (Å²) in [6, 6.07) is 0. The molecule has 0 aliphatic carbocycles. The minimum atomic E-state index is -4.12. The number of quaternary nitrogens is 1. The predicted octanol–water partition coefficient (Wildman–Crippen LogP) is 6.93. The normalized spacial score (nSPS) is 15.1. The van der Waals surface area contributed by atoms with Crippen molar-refractivity contribution in [3.05, 3.63) is 0 Å². The molecule has 0 spiro atoms. The number of phosphoric ester groups is 1. The Kier molecular flexibility index (Phi) is 20.9. The maximum Gasteiger partial charge on any atom is 0.472 e. The summed E-state index contributed by atoms with van der Waals surface area (Å²) in [6.07, 6.45) is 17.8. The second-order valence-corrected chi connectivity index (χ2v) is 11.6. The standard InChI is InChI=1S/C24H51ClNO5P/c1-5-6-7-8-9-10-11-12-13-14-15-16-17-18-20-29-23-24(22-25)31-32(27,28)30-21-19-26(2,3)4/h24H,5-23H2,1-4H3/p+1/t24-/m0/s1. The lowest BCUT2D eigenvalue weighted by atomic mass is 10.0. The zero-order valence-corrected chi connectivity index (χ0v) is 23.0. The van der Waals surface area contributed by atoms with Crippen LogP contribution in [-0.4, -0.2) is 68.9 Å². The Hall–Kier alpha value is 0.320. The van der Waals surface area contributed by atoms with Crippen molar-refractivity contribution in [3.8, 4) is 0 Å². The lowest BCUT2D eigenvalue weighted by molar-refractivity contribution is -0.870. The van der Waals surface area contributed by atoms with Gasteiger partial charge >= 0.3 is 7.82 Å². The van der Waals surface area contributed by atoms with Crippen molar-refractivity contribution in [2.45, 2.75) is 103 Å². The van der Waals surface area contributed by atoms with Crippen molar-refractivity contribution in [2.24, 2.45) is 0 Å². The molecule has 194 valence electrons. The van der Waals surface area contributed by atoms with Crippen molar-refractivity contribution in [2.75, 3.05) is 53.4 Å². The number of nitrogens with zero attached hydrogens (tertiary/aromatic N) is 1. The van der Waals surface area contributed by atoms with Crippen LogP contribution >= 0.6 is 19.4 Å². The summed E-state index contributed by atoms with van der Waals surface area (Å²) in [5.74, 6) is 0.0853. The second kappa shape index (κ2) is 20.7. The average molecular weight is 501 g/mol. The van der Waals surface area contributed by atoms with Gasteiger partial charge in [-0.25, -0.2) is 4.57 Å². The van der Waals surface area contributed by atoms with Crippen LogP contribution in [0.5, 0.6) is 0 Å². The van der Waals surface area contributed by atoms with Gasteiger partial charge in [0.15, 0.2) is 0 Å². The molecule has 0 aromatic heterocycles. The van der Waals surface area contributed by atoms with E-state index in [0.717, 1.165) is 12.8 Å². The molecule has 0 bridgehead atoms. The molecule has 0 fully saturated rings. The van der Waals surface area contributed by atoms with Crippen molar-refractivity contribution in [1.82, 2.24) is 0 Å². The first-order valence-corrected chi connectivity index (χ1v) is 14.8. The topological polar surface area (TPSA) is 65.0 Å². The third-order valence-electron chi connectivity index (χ3n) is 5.42. The van der Waals surface area contributed by atoms with Crippen LogP contribution in [0.4, 0.5) is 0 Å². The molecule has 1 N–H and O–H groups in total. The van der Waals surface area contributed by atoms with Crippen LogP contribution in [0.25, 0.3) is 0 Å². The van der Waals surface area contributed by atoms with E-state index in [0.29, 0.717) is 17.6 Å². The van der Waals surface area contributed by atoms with E-state index in [2.05, 4.69) is 6.92 Å². The quantitative estimate of drug-likeness (QED) is 0.0673. The van der Waals surface area contributed by atoms with Crippen molar-refractivity contribution >= 4 is 19.4 Å². The van der Waals surface area contributed by atoms with E-state index in [-0.39, 0.29) is 19.1 Å². The molecule has 0 saturated heterocycles. The number of likely N-dealkylation sites (N-methyl/N-ethyl adjacent to an activating group) is 1. The minimum Gasteiger partial charge on any atom is -0.379 e. The zero-order chi connectivity index (χ0) is 24.1. The summed E-state index contributed by atoms with van der Waals surface area (Å²) < 4.78 is 28.4. The van der Waals surface area contributed by atoms with E-state index in [1.165, 1.54) is 77.0 Å². The Bertz CT molecular complexity index is 462. The Morgan fingerprint density at radius 1 is 0.812 bits per heavy atom. The molecule has 0 amide bonds. The molecule has 0 heterocycles. The summed E-state index contributed by atoms with van der Waals surface area (Å²) in [6.45, 7) is 3.84. The van der Waals surface area contributed by atoms with Gasteiger partial charge in [-0.1, -0.05) is 90.4 Å². The minimum absolute atomic E-state index is 0.0853. The Balaban J connectivity index is 3.55. The highest BCUT2D eigenvalue weighted by Gasteiger charge is 2.27. The zero-order valence-electron chi connectivity index (χ0n) is 21.4. The fourth-order valence-corrected chi connectivity index (χ4v) is 4.49. The number of hydrogen-bond acceptors (Lipinski definition) is 4. The Labute approximate surface area is 203 Å². The van der Waals surface area contributed by atoms with E-state index in [1.54, 1.807) is 0 Å². The van der Waals surface area contributed by atoms with Crippen molar-refractivity contribution in [3.63, 3.8) is 0 Å². The van der Waals surface area contributed by atoms with Gasteiger partial charge in [0.2, 0.25) is 0 Å². The summed E-state index contributed by atoms with van der Waals surface area (Å²) in [7, 11) is 1.84. The van der Waals surface area contributed by atoms with E-state index in [4.69, 9.17) is 25.4 Å². The van der Waals surface area contributed by atoms with Gasteiger partial charge in [0.05, 0.1) is 33.6 Å². The molecular formula is C24H52ClNO5P+. The SMILES string of the molecule is CCCCCCCCCCCCCCCCOC[C@H](CCl)OP(=O)(O)OCC[N+](C)(C)C. The third kappa shape index (κ3) is 23.5. The maximum absolute atomic E-state index is 12.0. The van der Waals surface area contributed by atoms with Gasteiger partial charge in [-0.3, -0.25) is 9.05 Å². The number of hydrogen-bond donors (Lipinski definition) is 1. The molecule has 1 unspecified atom stereocenters. The number of phosphoric acid groups is 1. The molecule has 6 nitrogen and oxygen atoms in total. The molecule has 8 heteroatoms. The smallest absolute Gasteiger partial charge is 0.379 e. The first kappa shape index (κ1) is 32.3. The van der Waals surface area contributed by atoms with Crippen molar-refractivity contribution in [1.29, 1.82) is 0 Å². The van der Waals surface area contributed by atoms with E-state index >= 15 is 0 Å². The number of halogens is 1. The molecule has 0 rings (SSSR count). The van der Waals surface area contributed by atoms with Gasteiger partial charge in [-0.05, 0) is 6.42 Å². The van der Waals surface area contributed by atoms with E-state index in [9.17, 15) is 9.46 Å². The first-order chi connectivity index (χ1) is 15.2. The largest absolute Gasteiger partial charge is 0.472 e. The monoisotopic (exact) mass is 500 g/mol. The van der Waals surface area contributed by atoms with Crippen LogP contribution < -0.4 is 0 Å². The second-order valence-electron chi connectivity index (χ2n) is 9.87. The van der Waals surface area contributed by atoms with Crippen LogP contribution in [0.2, 0.25) is 0 Å². The van der Waals surface area contributed by atoms with Gasteiger partial charge in [0, 0.05) is 6.61 Å². The fourth-order valence-electron chi connectivity index (χ4n) is 3.37. The number of rotatable bonds is 24. The van der Waals surface area contributed by atoms with Crippen LogP contribution in [-0.2, 0) is 18.3 Å². The van der Waals surface area contributed by atoms with E-state index in [1.807, 2.05) is 21.1 Å². The summed E-state index contributed by atoms with van der Waals surface area (Å²) in [5.41, 5.74) is 0. The highest BCUT2D eigenvalue weighted by Crippen LogP contribution is 2.44. The first-order valence-electron chi connectivity index (χ1n) is 12.8. The molecule has 2 atom stereocenters. The molecular weight excluding hydrogens is 449 g/mol. The maximum atomic E-state index is 12.0. The number of unbranched alkanes of at least 4 members (excludes halogenated alkanes) is 13. The van der Waals surface area contributed by atoms with Crippen LogP contribution in [0.3, 0.4) is 0 Å². The summed E-state index contributed by atoms with van der Waals surface area (Å²) in [4.78, 5) is 9.84. The molecule has 0 aromatic carbocycles. The predicted molar refractivity (Wildman–Crippen MR) is 135 cm³/mol. The van der Waals surface area contributed by atoms with Gasteiger partial charge in [-0.15, -0.1) is 11.6 Å². The highest BCUT2D eigenvalue weighted by molar-refractivity contribution is 7.47. The number of alkyl halides is 1. The molecule has 0 aliphatic heterocycles. The van der Waals surface area contributed by atoms with Crippen molar-refractivity contribution < 1.29 is 27.7 Å². The van der Waals surface area contributed by atoms with Crippen LogP contribution in [0, 0.1) is 0 Å². The van der Waals surface area contributed by atoms with Gasteiger partial charge in [-0.2, -0.15) is 0 Å². The lowest BCUT2D eigenvalue weighted by Crippen LogP contribution is -2.37. The summed E-state index contributed by atoms with van der Waals surface area (Å²) in [5, 5.41) is 0. The van der Waals surface area contributed by atoms with Crippen LogP contribution in [0.15, 0.2) is 0 Å². The van der Waals surface area contributed by atoms with Crippen LogP contribution in [0.1, 0.15) is 96.8 Å². The van der Waals surface area contributed by atoms with Gasteiger partial charge in [0.25, 0.3) is 0 Å². The van der Waals surface area contributed by atoms with Gasteiger partial charge in [0.1, 0.15) is 19.3 Å². The highest BCUT2D eigenvalue weighted by atomic mass is 35.5. The third-order valence-corrected chi connectivity index (χ3v) is 6.83. The lowest BCUT2D eigenvalue weighted by Gasteiger charge is -2.24. The fraction of sp³-hybridized carbons (Fsp3) is 1.00. The summed E-state index contributed by atoms with van der Waals surface area (Å²) >= 11 is 5.86. The van der Waals surface area contributed by atoms with E-state index < -0.39 is 13.9 Å². The molecule has 0 radical (unpaired) electrons. The Morgan fingerprint density at radius 2 is 1.28 bits per heavy atom. The molecule has 0 aliphatic rings. The number of ether oxygens (including phenoxy) is 1. The van der Waals surface area contributed by atoms with Gasteiger partial charge < -0.3 is 14.1 Å². The molecule has 32 heavy (non-hydrogen) atoms. The molecule has 0 saturated carbocycles.